The molecule has 1 unspecified atom stereocenters. The number of amides is 2. The third kappa shape index (κ3) is 12.5. The van der Waals surface area contributed by atoms with Crippen molar-refractivity contribution in [2.24, 2.45) is 35.5 Å². The van der Waals surface area contributed by atoms with Crippen LogP contribution in [0.3, 0.4) is 0 Å². The fourth-order valence-electron chi connectivity index (χ4n) is 5.93. The second-order valence-electron chi connectivity index (χ2n) is 14.4. The number of carbonyl (C=O) groups excluding carboxylic acids is 3. The van der Waals surface area contributed by atoms with E-state index < -0.39 is 36.4 Å². The standard InChI is InChI=1S/C37H59N3O7/c1-23(2)30(18-28-12-13-29-14-16-40(33(29)19-28)15-9-17-45-8)20-32(39-37(44)47-26(7)46-36(43)25(5)6)34(41)21-31(24(3)4)35(42)38-22-27-10-11-27/h12-14,16,19,23-27,30-32,34,41H,9-11,15,17-18,20-22H2,1-8H3,(H,38,42)(H,39,44)/t26?,30-,31-,32-,34-/m0/s1. The maximum absolute atomic E-state index is 13.2. The number of methoxy groups -OCH3 is 1. The van der Waals surface area contributed by atoms with E-state index in [2.05, 4.69) is 59.5 Å². The molecule has 3 rings (SSSR count). The van der Waals surface area contributed by atoms with Gasteiger partial charge in [-0.2, -0.15) is 0 Å². The molecule has 1 aliphatic rings. The summed E-state index contributed by atoms with van der Waals surface area (Å²) in [4.78, 5) is 38.3. The number of aromatic nitrogens is 1. The zero-order valence-electron chi connectivity index (χ0n) is 29.8. The Hall–Kier alpha value is -3.11. The van der Waals surface area contributed by atoms with E-state index in [0.29, 0.717) is 25.5 Å². The fourth-order valence-corrected chi connectivity index (χ4v) is 5.93. The lowest BCUT2D eigenvalue weighted by Crippen LogP contribution is -2.48. The van der Waals surface area contributed by atoms with Crippen molar-refractivity contribution in [3.05, 3.63) is 36.0 Å². The van der Waals surface area contributed by atoms with Crippen molar-refractivity contribution in [3.63, 3.8) is 0 Å². The third-order valence-corrected chi connectivity index (χ3v) is 9.28. The predicted molar refractivity (Wildman–Crippen MR) is 184 cm³/mol. The molecule has 5 atom stereocenters. The normalized spacial score (nSPS) is 16.6. The van der Waals surface area contributed by atoms with Crippen molar-refractivity contribution >= 4 is 28.9 Å². The van der Waals surface area contributed by atoms with Gasteiger partial charge in [0, 0.05) is 51.4 Å². The molecule has 10 heteroatoms. The number of hydrogen-bond donors (Lipinski definition) is 3. The van der Waals surface area contributed by atoms with Crippen LogP contribution in [-0.2, 0) is 36.8 Å². The van der Waals surface area contributed by atoms with E-state index in [9.17, 15) is 19.5 Å². The van der Waals surface area contributed by atoms with Gasteiger partial charge in [-0.15, -0.1) is 0 Å². The van der Waals surface area contributed by atoms with Crippen LogP contribution in [0.2, 0.25) is 0 Å². The Morgan fingerprint density at radius 1 is 0.979 bits per heavy atom. The Kier molecular flexibility index (Phi) is 15.0. The number of ether oxygens (including phenoxy) is 3. The van der Waals surface area contributed by atoms with Crippen LogP contribution in [-0.4, -0.2) is 66.3 Å². The van der Waals surface area contributed by atoms with E-state index in [4.69, 9.17) is 14.2 Å². The van der Waals surface area contributed by atoms with Gasteiger partial charge in [0.25, 0.3) is 0 Å². The third-order valence-electron chi connectivity index (χ3n) is 9.28. The predicted octanol–water partition coefficient (Wildman–Crippen LogP) is 6.07. The minimum absolute atomic E-state index is 0.000300. The minimum atomic E-state index is -1.09. The Morgan fingerprint density at radius 2 is 1.70 bits per heavy atom. The Morgan fingerprint density at radius 3 is 2.32 bits per heavy atom. The van der Waals surface area contributed by atoms with Crippen LogP contribution < -0.4 is 10.6 Å². The summed E-state index contributed by atoms with van der Waals surface area (Å²) in [7, 11) is 1.71. The van der Waals surface area contributed by atoms with E-state index in [1.165, 1.54) is 23.4 Å². The minimum Gasteiger partial charge on any atom is -0.425 e. The number of aliphatic hydroxyl groups excluding tert-OH is 1. The summed E-state index contributed by atoms with van der Waals surface area (Å²) in [5.41, 5.74) is 2.34. The molecular weight excluding hydrogens is 598 g/mol. The molecule has 0 radical (unpaired) electrons. The number of fused-ring (bicyclic) bond motifs is 1. The molecule has 2 amide bonds. The molecule has 0 aliphatic heterocycles. The average Bonchev–Trinajstić information content (AvgIpc) is 3.76. The highest BCUT2D eigenvalue weighted by Crippen LogP contribution is 2.30. The zero-order valence-corrected chi connectivity index (χ0v) is 29.8. The van der Waals surface area contributed by atoms with Crippen molar-refractivity contribution < 1.29 is 33.7 Å². The van der Waals surface area contributed by atoms with Gasteiger partial charge < -0.3 is 34.5 Å². The number of nitrogens with zero attached hydrogens (tertiary/aromatic N) is 1. The van der Waals surface area contributed by atoms with Crippen LogP contribution in [0.5, 0.6) is 0 Å². The fraction of sp³-hybridized carbons (Fsp3) is 0.703. The van der Waals surface area contributed by atoms with Gasteiger partial charge in [0.1, 0.15) is 0 Å². The second-order valence-corrected chi connectivity index (χ2v) is 14.4. The summed E-state index contributed by atoms with van der Waals surface area (Å²) < 4.78 is 18.1. The first kappa shape index (κ1) is 38.3. The van der Waals surface area contributed by atoms with Gasteiger partial charge in [0.15, 0.2) is 0 Å². The number of alkyl carbamates (subject to hydrolysis) is 1. The largest absolute Gasteiger partial charge is 0.425 e. The Bertz CT molecular complexity index is 1290. The molecule has 1 aliphatic carbocycles. The molecule has 2 aromatic rings. The SMILES string of the molecule is COCCCn1ccc2ccc(C[C@@H](C[C@H](NC(=O)OC(C)OC(=O)C(C)C)[C@@H](O)C[C@H](C(=O)NCC3CC3)C(C)C)C(C)C)cc21. The van der Waals surface area contributed by atoms with Gasteiger partial charge in [-0.05, 0) is 85.3 Å². The molecule has 1 heterocycles. The smallest absolute Gasteiger partial charge is 0.410 e. The highest BCUT2D eigenvalue weighted by molar-refractivity contribution is 5.81. The molecule has 0 spiro atoms. The summed E-state index contributed by atoms with van der Waals surface area (Å²) >= 11 is 0. The van der Waals surface area contributed by atoms with Crippen LogP contribution in [0.1, 0.15) is 86.1 Å². The highest BCUT2D eigenvalue weighted by Gasteiger charge is 2.34. The summed E-state index contributed by atoms with van der Waals surface area (Å²) in [5.74, 6) is -0.435. The maximum Gasteiger partial charge on any atom is 0.410 e. The number of benzene rings is 1. The summed E-state index contributed by atoms with van der Waals surface area (Å²) in [6, 6.07) is 7.95. The molecule has 264 valence electrons. The maximum atomic E-state index is 13.2. The van der Waals surface area contributed by atoms with Crippen molar-refractivity contribution in [1.29, 1.82) is 0 Å². The monoisotopic (exact) mass is 657 g/mol. The Balaban J connectivity index is 1.79. The van der Waals surface area contributed by atoms with Crippen LogP contribution in [0, 0.1) is 35.5 Å². The first-order chi connectivity index (χ1) is 22.3. The quantitative estimate of drug-likeness (QED) is 0.0896. The zero-order chi connectivity index (χ0) is 34.7. The van der Waals surface area contributed by atoms with Crippen molar-refractivity contribution in [1.82, 2.24) is 15.2 Å². The van der Waals surface area contributed by atoms with E-state index in [0.717, 1.165) is 32.2 Å². The van der Waals surface area contributed by atoms with Crippen LogP contribution in [0.4, 0.5) is 4.79 Å². The number of aryl methyl sites for hydroxylation is 1. The average molecular weight is 658 g/mol. The number of rotatable bonds is 20. The van der Waals surface area contributed by atoms with Crippen molar-refractivity contribution in [3.8, 4) is 0 Å². The number of aliphatic hydroxyl groups is 1. The molecule has 1 aromatic carbocycles. The molecule has 47 heavy (non-hydrogen) atoms. The summed E-state index contributed by atoms with van der Waals surface area (Å²) in [6.45, 7) is 15.4. The highest BCUT2D eigenvalue weighted by atomic mass is 16.7. The summed E-state index contributed by atoms with van der Waals surface area (Å²) in [6.07, 6.45) is 3.84. The molecule has 3 N–H and O–H groups in total. The van der Waals surface area contributed by atoms with Crippen LogP contribution >= 0.6 is 0 Å². The molecular formula is C37H59N3O7. The second kappa shape index (κ2) is 18.4. The Labute approximate surface area is 281 Å². The van der Waals surface area contributed by atoms with E-state index >= 15 is 0 Å². The lowest BCUT2D eigenvalue weighted by atomic mass is 9.80. The topological polar surface area (TPSA) is 128 Å². The number of hydrogen-bond acceptors (Lipinski definition) is 7. The van der Waals surface area contributed by atoms with Crippen LogP contribution in [0.15, 0.2) is 30.5 Å². The lowest BCUT2D eigenvalue weighted by molar-refractivity contribution is -0.168. The molecule has 1 aromatic heterocycles. The van der Waals surface area contributed by atoms with E-state index in [1.54, 1.807) is 21.0 Å². The molecule has 0 saturated heterocycles. The number of nitrogens with one attached hydrogen (secondary N) is 2. The van der Waals surface area contributed by atoms with Crippen molar-refractivity contribution in [2.75, 3.05) is 20.3 Å². The summed E-state index contributed by atoms with van der Waals surface area (Å²) in [5, 5.41) is 18.8. The van der Waals surface area contributed by atoms with Gasteiger partial charge in [0.2, 0.25) is 12.2 Å². The molecule has 10 nitrogen and oxygen atoms in total. The van der Waals surface area contributed by atoms with Gasteiger partial charge in [-0.3, -0.25) is 9.59 Å². The first-order valence-electron chi connectivity index (χ1n) is 17.5. The van der Waals surface area contributed by atoms with E-state index in [-0.39, 0.29) is 36.0 Å². The molecule has 1 fully saturated rings. The molecule has 0 bridgehead atoms. The van der Waals surface area contributed by atoms with Crippen molar-refractivity contribution in [2.45, 2.75) is 112 Å². The van der Waals surface area contributed by atoms with Gasteiger partial charge in [-0.25, -0.2) is 4.79 Å². The number of esters is 1. The van der Waals surface area contributed by atoms with Gasteiger partial charge in [-0.1, -0.05) is 53.7 Å². The van der Waals surface area contributed by atoms with Gasteiger partial charge in [0.05, 0.1) is 18.1 Å². The first-order valence-corrected chi connectivity index (χ1v) is 17.5. The lowest BCUT2D eigenvalue weighted by Gasteiger charge is -2.32. The molecule has 1 saturated carbocycles. The van der Waals surface area contributed by atoms with Crippen LogP contribution in [0.25, 0.3) is 10.9 Å². The van der Waals surface area contributed by atoms with E-state index in [1.807, 2.05) is 13.8 Å². The van der Waals surface area contributed by atoms with Gasteiger partial charge >= 0.3 is 12.1 Å². The number of carbonyl (C=O) groups is 3.